The molecule has 0 saturated carbocycles. The van der Waals surface area contributed by atoms with Crippen LogP contribution in [-0.4, -0.2) is 67.6 Å². The molecule has 0 atom stereocenters. The maximum atomic E-state index is 14.2. The second kappa shape index (κ2) is 21.8. The number of carbonyl (C=O) groups is 2. The van der Waals surface area contributed by atoms with Crippen molar-refractivity contribution < 1.29 is 29.5 Å². The number of aliphatic carboxylic acids is 2. The first-order chi connectivity index (χ1) is 24.4. The molecule has 2 N–H and O–H groups in total. The highest BCUT2D eigenvalue weighted by Crippen LogP contribution is 2.58. The molecular formula is C44H84N2O6. The Morgan fingerprint density at radius 1 is 0.538 bits per heavy atom. The molecule has 2 heterocycles. The number of hydrogen-bond donors (Lipinski definition) is 2. The van der Waals surface area contributed by atoms with Gasteiger partial charge in [-0.1, -0.05) is 104 Å². The fourth-order valence-electron chi connectivity index (χ4n) is 10.5. The summed E-state index contributed by atoms with van der Waals surface area (Å²) < 4.78 is 0. The molecule has 0 aromatic rings. The Morgan fingerprint density at radius 2 is 0.865 bits per heavy atom. The van der Waals surface area contributed by atoms with E-state index in [9.17, 15) is 14.7 Å². The van der Waals surface area contributed by atoms with Gasteiger partial charge in [-0.25, -0.2) is 0 Å². The number of piperidine rings is 2. The van der Waals surface area contributed by atoms with Crippen molar-refractivity contribution >= 4 is 11.9 Å². The average Bonchev–Trinajstić information content (AvgIpc) is 3.02. The zero-order valence-electron chi connectivity index (χ0n) is 35.8. The first-order valence-electron chi connectivity index (χ1n) is 21.7. The molecule has 2 aliphatic rings. The summed E-state index contributed by atoms with van der Waals surface area (Å²) in [5.74, 6) is -1.41. The van der Waals surface area contributed by atoms with Crippen LogP contribution in [0.5, 0.6) is 0 Å². The van der Waals surface area contributed by atoms with Gasteiger partial charge in [-0.15, -0.1) is 0 Å². The van der Waals surface area contributed by atoms with Crippen molar-refractivity contribution in [3.8, 4) is 0 Å². The molecule has 2 fully saturated rings. The van der Waals surface area contributed by atoms with Crippen LogP contribution in [0.3, 0.4) is 0 Å². The SMILES string of the molecule is CCCCCCCCON1C(C)(C)CC(C(CCCCCCCC(=O)O)(C(=O)O)C2CC(C)(C)N(OCCCCCCCC)C(C)(C)C2)CC1(C)C. The van der Waals surface area contributed by atoms with E-state index < -0.39 is 17.4 Å². The molecule has 0 aliphatic carbocycles. The smallest absolute Gasteiger partial charge is 0.310 e. The minimum Gasteiger partial charge on any atom is -0.481 e. The highest BCUT2D eigenvalue weighted by molar-refractivity contribution is 5.76. The van der Waals surface area contributed by atoms with Crippen molar-refractivity contribution in [3.63, 3.8) is 0 Å². The number of rotatable bonds is 27. The van der Waals surface area contributed by atoms with Gasteiger partial charge in [0.1, 0.15) is 0 Å². The molecule has 0 spiro atoms. The first kappa shape index (κ1) is 46.9. The molecule has 2 aliphatic heterocycles. The van der Waals surface area contributed by atoms with Crippen LogP contribution in [0.25, 0.3) is 0 Å². The number of unbranched alkanes of at least 4 members (excludes halogenated alkanes) is 14. The number of hydrogen-bond acceptors (Lipinski definition) is 6. The number of carboxylic acids is 2. The number of carboxylic acid groups (broad SMARTS) is 2. The van der Waals surface area contributed by atoms with Gasteiger partial charge in [0.25, 0.3) is 0 Å². The Labute approximate surface area is 320 Å². The molecule has 0 unspecified atom stereocenters. The van der Waals surface area contributed by atoms with Crippen LogP contribution in [0.2, 0.25) is 0 Å². The molecule has 306 valence electrons. The molecule has 8 heteroatoms. The third-order valence-corrected chi connectivity index (χ3v) is 12.5. The monoisotopic (exact) mass is 737 g/mol. The van der Waals surface area contributed by atoms with Gasteiger partial charge in [-0.2, -0.15) is 10.1 Å². The van der Waals surface area contributed by atoms with Gasteiger partial charge in [0.2, 0.25) is 0 Å². The van der Waals surface area contributed by atoms with Crippen LogP contribution in [-0.2, 0) is 19.3 Å². The topological polar surface area (TPSA) is 99.5 Å². The van der Waals surface area contributed by atoms with Crippen LogP contribution in [0.1, 0.15) is 217 Å². The predicted molar refractivity (Wildman–Crippen MR) is 214 cm³/mol. The standard InChI is InChI=1S/C44H84N2O6/c1-11-13-15-17-22-26-30-51-45-40(3,4)32-36(33-41(45,5)6)44(39(49)50,29-25-21-19-20-24-28-38(47)48)37-34-42(7,8)46(43(9,10)35-37)52-31-27-23-18-16-14-12-2/h36-37H,11-35H2,1-10H3,(H,47,48)(H,49,50). The lowest BCUT2D eigenvalue weighted by atomic mass is 9.52. The quantitative estimate of drug-likeness (QED) is 0.0804. The number of nitrogens with zero attached hydrogens (tertiary/aromatic N) is 2. The van der Waals surface area contributed by atoms with Crippen molar-refractivity contribution in [1.82, 2.24) is 10.1 Å². The summed E-state index contributed by atoms with van der Waals surface area (Å²) in [5, 5.41) is 25.2. The summed E-state index contributed by atoms with van der Waals surface area (Å²) in [6, 6.07) is 0. The Kier molecular flexibility index (Phi) is 19.6. The lowest BCUT2D eigenvalue weighted by molar-refractivity contribution is -0.307. The minimum atomic E-state index is -0.888. The normalized spacial score (nSPS) is 21.0. The fourth-order valence-corrected chi connectivity index (χ4v) is 10.5. The van der Waals surface area contributed by atoms with E-state index in [-0.39, 0.29) is 40.4 Å². The summed E-state index contributed by atoms with van der Waals surface area (Å²) in [4.78, 5) is 38.4. The molecule has 2 saturated heterocycles. The first-order valence-corrected chi connectivity index (χ1v) is 21.7. The van der Waals surface area contributed by atoms with Crippen LogP contribution < -0.4 is 0 Å². The Bertz CT molecular complexity index is 946. The van der Waals surface area contributed by atoms with Gasteiger partial charge in [0.05, 0.1) is 18.6 Å². The van der Waals surface area contributed by atoms with Gasteiger partial charge < -0.3 is 10.2 Å². The maximum absolute atomic E-state index is 14.2. The van der Waals surface area contributed by atoms with Crippen molar-refractivity contribution in [2.75, 3.05) is 13.2 Å². The van der Waals surface area contributed by atoms with E-state index in [4.69, 9.17) is 14.8 Å². The Morgan fingerprint density at radius 3 is 1.21 bits per heavy atom. The Balaban J connectivity index is 2.33. The second-order valence-electron chi connectivity index (χ2n) is 19.3. The third-order valence-electron chi connectivity index (χ3n) is 12.5. The summed E-state index contributed by atoms with van der Waals surface area (Å²) in [6.45, 7) is 23.9. The maximum Gasteiger partial charge on any atom is 0.310 e. The Hall–Kier alpha value is -1.22. The lowest BCUT2D eigenvalue weighted by Crippen LogP contribution is -2.67. The highest BCUT2D eigenvalue weighted by atomic mass is 16.7. The van der Waals surface area contributed by atoms with E-state index in [1.807, 2.05) is 0 Å². The van der Waals surface area contributed by atoms with Crippen LogP contribution in [0.4, 0.5) is 0 Å². The van der Waals surface area contributed by atoms with E-state index >= 15 is 0 Å². The lowest BCUT2D eigenvalue weighted by Gasteiger charge is -2.61. The zero-order chi connectivity index (χ0) is 39.1. The van der Waals surface area contributed by atoms with Crippen LogP contribution in [0.15, 0.2) is 0 Å². The van der Waals surface area contributed by atoms with E-state index in [2.05, 4.69) is 79.4 Å². The zero-order valence-corrected chi connectivity index (χ0v) is 35.8. The number of hydroxylamine groups is 4. The summed E-state index contributed by atoms with van der Waals surface area (Å²) in [5.41, 5.74) is -2.17. The van der Waals surface area contributed by atoms with E-state index in [0.717, 1.165) is 64.2 Å². The van der Waals surface area contributed by atoms with Crippen LogP contribution in [0, 0.1) is 17.3 Å². The molecule has 2 rings (SSSR count). The van der Waals surface area contributed by atoms with E-state index in [0.29, 0.717) is 26.1 Å². The van der Waals surface area contributed by atoms with E-state index in [1.165, 1.54) is 64.2 Å². The summed E-state index contributed by atoms with van der Waals surface area (Å²) in [7, 11) is 0. The minimum absolute atomic E-state index is 0.0110. The summed E-state index contributed by atoms with van der Waals surface area (Å²) in [6.07, 6.45) is 22.8. The molecule has 8 nitrogen and oxygen atoms in total. The predicted octanol–water partition coefficient (Wildman–Crippen LogP) is 12.0. The van der Waals surface area contributed by atoms with Crippen molar-refractivity contribution in [2.45, 2.75) is 239 Å². The second-order valence-corrected chi connectivity index (χ2v) is 19.3. The van der Waals surface area contributed by atoms with Crippen LogP contribution >= 0.6 is 0 Å². The largest absolute Gasteiger partial charge is 0.481 e. The van der Waals surface area contributed by atoms with E-state index in [1.54, 1.807) is 0 Å². The summed E-state index contributed by atoms with van der Waals surface area (Å²) >= 11 is 0. The molecule has 52 heavy (non-hydrogen) atoms. The van der Waals surface area contributed by atoms with Crippen molar-refractivity contribution in [3.05, 3.63) is 0 Å². The van der Waals surface area contributed by atoms with Gasteiger partial charge in [-0.3, -0.25) is 19.3 Å². The average molecular weight is 737 g/mol. The van der Waals surface area contributed by atoms with Gasteiger partial charge in [-0.05, 0) is 119 Å². The van der Waals surface area contributed by atoms with Crippen molar-refractivity contribution in [2.24, 2.45) is 17.3 Å². The molecule has 0 radical (unpaired) electrons. The van der Waals surface area contributed by atoms with Gasteiger partial charge >= 0.3 is 11.9 Å². The van der Waals surface area contributed by atoms with Crippen molar-refractivity contribution in [1.29, 1.82) is 0 Å². The molecule has 0 aromatic heterocycles. The van der Waals surface area contributed by atoms with Gasteiger partial charge in [0, 0.05) is 28.6 Å². The highest BCUT2D eigenvalue weighted by Gasteiger charge is 2.61. The third kappa shape index (κ3) is 13.8. The molecule has 0 amide bonds. The fraction of sp³-hybridized carbons (Fsp3) is 0.955. The molecule has 0 aromatic carbocycles. The molecule has 0 bridgehead atoms. The molecular weight excluding hydrogens is 652 g/mol. The van der Waals surface area contributed by atoms with Gasteiger partial charge in [0.15, 0.2) is 0 Å².